The monoisotopic (exact) mass is 356 g/mol. The van der Waals surface area contributed by atoms with Crippen LogP contribution in [-0.2, 0) is 0 Å². The van der Waals surface area contributed by atoms with Crippen LogP contribution in [0.4, 0.5) is 0 Å². The first-order chi connectivity index (χ1) is 13.9. The normalized spacial score (nSPS) is 11.6. The molecule has 0 amide bonds. The summed E-state index contributed by atoms with van der Waals surface area (Å²) >= 11 is 0. The van der Waals surface area contributed by atoms with Crippen LogP contribution in [0.1, 0.15) is 0 Å². The number of hydrogen-bond acceptors (Lipinski definition) is 2. The minimum absolute atomic E-state index is 0.891. The third kappa shape index (κ3) is 2.21. The highest BCUT2D eigenvalue weighted by Crippen LogP contribution is 2.48. The third-order valence-corrected chi connectivity index (χ3v) is 5.50. The molecule has 0 N–H and O–H groups in total. The minimum atomic E-state index is 0.891. The van der Waals surface area contributed by atoms with Crippen molar-refractivity contribution in [1.82, 2.24) is 9.97 Å². The highest BCUT2D eigenvalue weighted by molar-refractivity contribution is 6.16. The molecule has 0 spiro atoms. The van der Waals surface area contributed by atoms with Crippen molar-refractivity contribution in [3.05, 3.63) is 97.3 Å². The van der Waals surface area contributed by atoms with Gasteiger partial charge in [-0.05, 0) is 45.2 Å². The van der Waals surface area contributed by atoms with Crippen molar-refractivity contribution in [3.8, 4) is 44.8 Å². The van der Waals surface area contributed by atoms with E-state index in [9.17, 15) is 0 Å². The maximum atomic E-state index is 4.72. The Bertz CT molecular complexity index is 1340. The fraction of sp³-hybridized carbons (Fsp3) is 0. The zero-order valence-electron chi connectivity index (χ0n) is 15.1. The Balaban J connectivity index is 1.52. The lowest BCUT2D eigenvalue weighted by Crippen LogP contribution is -1.90. The molecule has 2 nitrogen and oxygen atoms in total. The van der Waals surface area contributed by atoms with Crippen LogP contribution in [0.5, 0.6) is 0 Å². The fourth-order valence-corrected chi connectivity index (χ4v) is 4.20. The molecular formula is C26H16N2. The lowest BCUT2D eigenvalue weighted by atomic mass is 9.98. The molecule has 5 aromatic rings. The zero-order valence-corrected chi connectivity index (χ0v) is 15.1. The summed E-state index contributed by atoms with van der Waals surface area (Å²) in [6.45, 7) is 0. The van der Waals surface area contributed by atoms with Crippen molar-refractivity contribution in [2.24, 2.45) is 0 Å². The Morgan fingerprint density at radius 2 is 1.11 bits per heavy atom. The van der Waals surface area contributed by atoms with E-state index >= 15 is 0 Å². The second kappa shape index (κ2) is 5.86. The molecule has 0 fully saturated rings. The maximum absolute atomic E-state index is 4.72. The van der Waals surface area contributed by atoms with Gasteiger partial charge in [0.05, 0.1) is 23.8 Å². The molecule has 1 aromatic heterocycles. The van der Waals surface area contributed by atoms with Gasteiger partial charge in [0.2, 0.25) is 0 Å². The van der Waals surface area contributed by atoms with E-state index in [0.29, 0.717) is 0 Å². The van der Waals surface area contributed by atoms with E-state index < -0.39 is 0 Å². The van der Waals surface area contributed by atoms with Gasteiger partial charge in [0.25, 0.3) is 0 Å². The summed E-state index contributed by atoms with van der Waals surface area (Å²) in [6, 6.07) is 29.8. The number of benzene rings is 4. The summed E-state index contributed by atoms with van der Waals surface area (Å²) in [5, 5.41) is 2.58. The van der Waals surface area contributed by atoms with Gasteiger partial charge in [0.15, 0.2) is 0 Å². The Kier molecular flexibility index (Phi) is 3.20. The number of nitrogens with zero attached hydrogens (tertiary/aromatic N) is 2. The van der Waals surface area contributed by atoms with E-state index in [0.717, 1.165) is 22.5 Å². The first-order valence-corrected chi connectivity index (χ1v) is 9.43. The van der Waals surface area contributed by atoms with Crippen LogP contribution in [0.25, 0.3) is 55.5 Å². The Morgan fingerprint density at radius 1 is 0.464 bits per heavy atom. The van der Waals surface area contributed by atoms with Crippen molar-refractivity contribution in [3.63, 3.8) is 0 Å². The van der Waals surface area contributed by atoms with Crippen molar-refractivity contribution in [1.29, 1.82) is 0 Å². The number of hydrogen-bond donors (Lipinski definition) is 0. The number of rotatable bonds is 2. The highest BCUT2D eigenvalue weighted by Gasteiger charge is 2.21. The largest absolute Gasteiger partial charge is 0.252 e. The zero-order chi connectivity index (χ0) is 18.5. The van der Waals surface area contributed by atoms with Gasteiger partial charge in [0.1, 0.15) is 0 Å². The van der Waals surface area contributed by atoms with Crippen LogP contribution in [0, 0.1) is 0 Å². The second-order valence-corrected chi connectivity index (χ2v) is 7.13. The summed E-state index contributed by atoms with van der Waals surface area (Å²) in [6.07, 6.45) is 3.74. The molecule has 4 aromatic carbocycles. The molecule has 0 unspecified atom stereocenters. The predicted octanol–water partition coefficient (Wildman–Crippen LogP) is 6.61. The van der Waals surface area contributed by atoms with Crippen molar-refractivity contribution in [2.75, 3.05) is 0 Å². The summed E-state index contributed by atoms with van der Waals surface area (Å²) in [4.78, 5) is 9.37. The van der Waals surface area contributed by atoms with Crippen LogP contribution in [0.2, 0.25) is 0 Å². The minimum Gasteiger partial charge on any atom is -0.252 e. The van der Waals surface area contributed by atoms with Crippen molar-refractivity contribution < 1.29 is 0 Å². The molecule has 2 heteroatoms. The molecule has 0 saturated carbocycles. The Hall–Kier alpha value is -3.78. The van der Waals surface area contributed by atoms with Gasteiger partial charge in [-0.15, -0.1) is 0 Å². The topological polar surface area (TPSA) is 25.8 Å². The molecule has 0 atom stereocenters. The van der Waals surface area contributed by atoms with Gasteiger partial charge in [-0.2, -0.15) is 0 Å². The smallest absolute Gasteiger partial charge is 0.0886 e. The first kappa shape index (κ1) is 15.3. The van der Waals surface area contributed by atoms with Gasteiger partial charge < -0.3 is 0 Å². The number of aromatic nitrogens is 2. The fourth-order valence-electron chi connectivity index (χ4n) is 4.20. The average Bonchev–Trinajstić information content (AvgIpc) is 3.10. The number of fused-ring (bicyclic) bond motifs is 3. The molecular weight excluding hydrogens is 340 g/mol. The molecule has 6 rings (SSSR count). The van der Waals surface area contributed by atoms with Crippen LogP contribution < -0.4 is 0 Å². The average molecular weight is 356 g/mol. The molecule has 0 aliphatic heterocycles. The summed E-state index contributed by atoms with van der Waals surface area (Å²) in [7, 11) is 0. The highest BCUT2D eigenvalue weighted by atomic mass is 14.8. The lowest BCUT2D eigenvalue weighted by molar-refractivity contribution is 1.21. The molecule has 28 heavy (non-hydrogen) atoms. The van der Waals surface area contributed by atoms with Gasteiger partial charge >= 0.3 is 0 Å². The van der Waals surface area contributed by atoms with Crippen LogP contribution in [0.3, 0.4) is 0 Å². The standard InChI is InChI=1S/C26H16N2/c1-2-7-17(8-3-1)24-15-28-25(16-27-24)19-13-18-9-6-12-22-20-10-4-5-11-21(20)23(14-19)26(18)22/h1-16H. The van der Waals surface area contributed by atoms with Gasteiger partial charge in [-0.1, -0.05) is 72.8 Å². The van der Waals surface area contributed by atoms with Crippen LogP contribution >= 0.6 is 0 Å². The lowest BCUT2D eigenvalue weighted by Gasteiger charge is -2.08. The van der Waals surface area contributed by atoms with E-state index in [1.807, 2.05) is 30.6 Å². The Morgan fingerprint density at radius 3 is 1.86 bits per heavy atom. The van der Waals surface area contributed by atoms with Crippen LogP contribution in [-0.4, -0.2) is 9.97 Å². The van der Waals surface area contributed by atoms with Crippen molar-refractivity contribution >= 4 is 10.8 Å². The quantitative estimate of drug-likeness (QED) is 0.349. The third-order valence-electron chi connectivity index (χ3n) is 5.50. The van der Waals surface area contributed by atoms with Crippen molar-refractivity contribution in [2.45, 2.75) is 0 Å². The van der Waals surface area contributed by atoms with E-state index in [2.05, 4.69) is 71.7 Å². The molecule has 0 radical (unpaired) electrons. The summed E-state index contributed by atoms with van der Waals surface area (Å²) < 4.78 is 0. The van der Waals surface area contributed by atoms with E-state index in [1.165, 1.54) is 33.0 Å². The summed E-state index contributed by atoms with van der Waals surface area (Å²) in [5.74, 6) is 0. The van der Waals surface area contributed by atoms with E-state index in [4.69, 9.17) is 4.98 Å². The first-order valence-electron chi connectivity index (χ1n) is 9.43. The van der Waals surface area contributed by atoms with Gasteiger partial charge in [-0.25, -0.2) is 0 Å². The van der Waals surface area contributed by atoms with E-state index in [-0.39, 0.29) is 0 Å². The molecule has 0 saturated heterocycles. The molecule has 1 aliphatic rings. The molecule has 1 aliphatic carbocycles. The summed E-state index contributed by atoms with van der Waals surface area (Å²) in [5.41, 5.74) is 9.18. The van der Waals surface area contributed by atoms with Gasteiger partial charge in [-0.3, -0.25) is 9.97 Å². The molecule has 130 valence electrons. The SMILES string of the molecule is c1ccc(-c2cnc(-c3cc4c5c(cccc5c3)-c3ccccc3-4)cn2)cc1. The molecule has 1 heterocycles. The van der Waals surface area contributed by atoms with Gasteiger partial charge in [0, 0.05) is 11.1 Å². The second-order valence-electron chi connectivity index (χ2n) is 7.13. The predicted molar refractivity (Wildman–Crippen MR) is 115 cm³/mol. The Labute approximate surface area is 163 Å². The molecule has 0 bridgehead atoms. The van der Waals surface area contributed by atoms with E-state index in [1.54, 1.807) is 0 Å². The maximum Gasteiger partial charge on any atom is 0.0886 e. The van der Waals surface area contributed by atoms with Crippen LogP contribution in [0.15, 0.2) is 97.3 Å².